The third-order valence-electron chi connectivity index (χ3n) is 5.94. The number of nitrogens with zero attached hydrogens (tertiary/aromatic N) is 4. The zero-order valence-electron chi connectivity index (χ0n) is 17.0. The monoisotopic (exact) mass is 449 g/mol. The second kappa shape index (κ2) is 7.22. The van der Waals surface area contributed by atoms with Gasteiger partial charge >= 0.3 is 6.18 Å². The highest BCUT2D eigenvalue weighted by Gasteiger charge is 2.44. The molecule has 1 aliphatic heterocycles. The van der Waals surface area contributed by atoms with Crippen molar-refractivity contribution in [3.63, 3.8) is 0 Å². The van der Waals surface area contributed by atoms with Gasteiger partial charge in [-0.05, 0) is 37.3 Å². The molecular formula is C21H19F4N5O2. The van der Waals surface area contributed by atoms with Crippen molar-refractivity contribution >= 4 is 11.6 Å². The lowest BCUT2D eigenvalue weighted by molar-refractivity contribution is -0.138. The quantitative estimate of drug-likeness (QED) is 0.617. The first-order chi connectivity index (χ1) is 15.2. The molecule has 1 atom stereocenters. The van der Waals surface area contributed by atoms with Crippen molar-refractivity contribution in [2.24, 2.45) is 0 Å². The normalized spacial score (nSPS) is 21.3. The fourth-order valence-electron chi connectivity index (χ4n) is 4.09. The lowest BCUT2D eigenvalue weighted by atomic mass is 9.92. The molecule has 0 aromatic carbocycles. The Morgan fingerprint density at radius 3 is 2.69 bits per heavy atom. The van der Waals surface area contributed by atoms with Gasteiger partial charge in [0, 0.05) is 31.6 Å². The first-order valence-corrected chi connectivity index (χ1v) is 10.2. The van der Waals surface area contributed by atoms with Gasteiger partial charge in [0.2, 0.25) is 0 Å². The van der Waals surface area contributed by atoms with Crippen molar-refractivity contribution in [1.82, 2.24) is 24.9 Å². The number of rotatable bonds is 4. The number of aromatic nitrogens is 4. The van der Waals surface area contributed by atoms with Crippen LogP contribution in [-0.2, 0) is 16.5 Å². The zero-order chi connectivity index (χ0) is 22.7. The Kier molecular flexibility index (Phi) is 4.70. The fourth-order valence-corrected chi connectivity index (χ4v) is 4.09. The molecule has 2 aliphatic rings. The van der Waals surface area contributed by atoms with E-state index in [2.05, 4.69) is 20.4 Å². The molecule has 1 saturated carbocycles. The van der Waals surface area contributed by atoms with Gasteiger partial charge < -0.3 is 10.1 Å². The Hall–Kier alpha value is -3.08. The number of hydrogen-bond donors (Lipinski definition) is 1. The number of carbonyl (C=O) groups excluding carboxylic acids is 1. The number of alkyl halides is 3. The number of fused-ring (bicyclic) bond motifs is 1. The van der Waals surface area contributed by atoms with Crippen LogP contribution in [0.5, 0.6) is 0 Å². The zero-order valence-corrected chi connectivity index (χ0v) is 17.0. The van der Waals surface area contributed by atoms with Crippen LogP contribution in [0.3, 0.4) is 0 Å². The highest BCUT2D eigenvalue weighted by molar-refractivity contribution is 6.01. The van der Waals surface area contributed by atoms with Crippen molar-refractivity contribution in [1.29, 1.82) is 0 Å². The predicted octanol–water partition coefficient (Wildman–Crippen LogP) is 3.51. The lowest BCUT2D eigenvalue weighted by Crippen LogP contribution is -2.48. The van der Waals surface area contributed by atoms with E-state index in [1.807, 2.05) is 6.20 Å². The molecule has 1 saturated heterocycles. The van der Waals surface area contributed by atoms with E-state index in [1.165, 1.54) is 0 Å². The fraction of sp³-hybridized carbons (Fsp3) is 0.429. The van der Waals surface area contributed by atoms with Crippen LogP contribution in [0, 0.1) is 12.7 Å². The van der Waals surface area contributed by atoms with E-state index in [-0.39, 0.29) is 30.9 Å². The van der Waals surface area contributed by atoms with Crippen molar-refractivity contribution in [3.05, 3.63) is 58.6 Å². The molecule has 3 aromatic heterocycles. The van der Waals surface area contributed by atoms with E-state index in [4.69, 9.17) is 4.74 Å². The average Bonchev–Trinajstić information content (AvgIpc) is 3.38. The minimum atomic E-state index is -4.73. The number of ether oxygens (including phenoxy) is 1. The minimum Gasteiger partial charge on any atom is -0.378 e. The van der Waals surface area contributed by atoms with Crippen LogP contribution >= 0.6 is 0 Å². The Balaban J connectivity index is 1.50. The Bertz CT molecular complexity index is 1210. The van der Waals surface area contributed by atoms with Crippen LogP contribution in [0.15, 0.2) is 24.7 Å². The average molecular weight is 449 g/mol. The Morgan fingerprint density at radius 2 is 2.06 bits per heavy atom. The summed E-state index contributed by atoms with van der Waals surface area (Å²) >= 11 is 0. The molecule has 0 spiro atoms. The van der Waals surface area contributed by atoms with Gasteiger partial charge in [-0.25, -0.2) is 13.9 Å². The Labute approximate surface area is 179 Å². The second-order valence-corrected chi connectivity index (χ2v) is 8.28. The number of aryl methyl sites for hydroxylation is 1. The highest BCUT2D eigenvalue weighted by atomic mass is 19.4. The van der Waals surface area contributed by atoms with Crippen LogP contribution in [0.1, 0.15) is 58.1 Å². The first kappa shape index (κ1) is 20.8. The van der Waals surface area contributed by atoms with Gasteiger partial charge in [0.1, 0.15) is 22.6 Å². The maximum Gasteiger partial charge on any atom is 0.417 e. The van der Waals surface area contributed by atoms with Crippen molar-refractivity contribution < 1.29 is 27.1 Å². The summed E-state index contributed by atoms with van der Waals surface area (Å²) in [4.78, 5) is 21.4. The van der Waals surface area contributed by atoms with E-state index < -0.39 is 29.0 Å². The first-order valence-electron chi connectivity index (χ1n) is 10.2. The number of hydrogen-bond acceptors (Lipinski definition) is 5. The highest BCUT2D eigenvalue weighted by Crippen LogP contribution is 2.40. The van der Waals surface area contributed by atoms with Crippen molar-refractivity contribution in [2.45, 2.75) is 43.8 Å². The van der Waals surface area contributed by atoms with Crippen LogP contribution in [-0.4, -0.2) is 38.7 Å². The molecule has 0 unspecified atom stereocenters. The van der Waals surface area contributed by atoms with Crippen molar-refractivity contribution in [2.75, 3.05) is 13.2 Å². The number of pyridine rings is 1. The summed E-state index contributed by atoms with van der Waals surface area (Å²) in [5.74, 6) is -1.27. The smallest absolute Gasteiger partial charge is 0.378 e. The molecule has 4 heterocycles. The summed E-state index contributed by atoms with van der Waals surface area (Å²) in [5.41, 5.74) is -0.866. The van der Waals surface area contributed by atoms with Crippen molar-refractivity contribution in [3.8, 4) is 0 Å². The number of carbonyl (C=O) groups is 1. The molecule has 32 heavy (non-hydrogen) atoms. The molecule has 11 heteroatoms. The van der Waals surface area contributed by atoms with Crippen LogP contribution < -0.4 is 5.32 Å². The summed E-state index contributed by atoms with van der Waals surface area (Å²) in [6, 6.07) is 0.385. The van der Waals surface area contributed by atoms with Gasteiger partial charge in [0.25, 0.3) is 5.91 Å². The number of nitrogens with one attached hydrogen (secondary N) is 1. The molecule has 5 rings (SSSR count). The maximum atomic E-state index is 14.7. The van der Waals surface area contributed by atoms with Gasteiger partial charge in [-0.1, -0.05) is 0 Å². The van der Waals surface area contributed by atoms with Gasteiger partial charge in [-0.3, -0.25) is 9.78 Å². The van der Waals surface area contributed by atoms with Crippen LogP contribution in [0.4, 0.5) is 17.6 Å². The summed E-state index contributed by atoms with van der Waals surface area (Å²) < 4.78 is 60.4. The molecular weight excluding hydrogens is 430 g/mol. The molecule has 168 valence electrons. The summed E-state index contributed by atoms with van der Waals surface area (Å²) in [6.07, 6.45) is 1.74. The second-order valence-electron chi connectivity index (χ2n) is 8.28. The van der Waals surface area contributed by atoms with Crippen LogP contribution in [0.2, 0.25) is 0 Å². The van der Waals surface area contributed by atoms with Crippen LogP contribution in [0.25, 0.3) is 5.65 Å². The predicted molar refractivity (Wildman–Crippen MR) is 103 cm³/mol. The van der Waals surface area contributed by atoms with E-state index in [0.29, 0.717) is 29.5 Å². The molecule has 2 fully saturated rings. The van der Waals surface area contributed by atoms with Gasteiger partial charge in [0.15, 0.2) is 5.65 Å². The molecule has 1 amide bonds. The van der Waals surface area contributed by atoms with E-state index >= 15 is 0 Å². The molecule has 7 nitrogen and oxygen atoms in total. The molecule has 0 radical (unpaired) electrons. The number of halogens is 4. The van der Waals surface area contributed by atoms with E-state index in [9.17, 15) is 22.4 Å². The van der Waals surface area contributed by atoms with E-state index in [0.717, 1.165) is 18.4 Å². The third-order valence-corrected chi connectivity index (χ3v) is 5.94. The molecule has 3 aromatic rings. The molecule has 0 bridgehead atoms. The third kappa shape index (κ3) is 3.50. The SMILES string of the molecule is Cc1nn2cc(C3CC3)cnc2c1C(=O)N[C@]1(c2ncc(C(F)(F)F)cc2F)CCOC1. The minimum absolute atomic E-state index is 0.120. The standard InChI is InChI=1S/C21H19F4N5O2/c1-11-16(18-27-7-13(12-2-3-12)9-30(18)29-11)19(31)28-20(4-5-32-10-20)17-15(22)6-14(8-26-17)21(23,24)25/h6-9,12H,2-5,10H2,1H3,(H,28,31)/t20-/m1/s1. The largest absolute Gasteiger partial charge is 0.417 e. The topological polar surface area (TPSA) is 81.4 Å². The summed E-state index contributed by atoms with van der Waals surface area (Å²) in [6.45, 7) is 1.74. The summed E-state index contributed by atoms with van der Waals surface area (Å²) in [7, 11) is 0. The molecule has 1 N–H and O–H groups in total. The lowest BCUT2D eigenvalue weighted by Gasteiger charge is -2.28. The number of amides is 1. The summed E-state index contributed by atoms with van der Waals surface area (Å²) in [5, 5.41) is 7.13. The molecule has 1 aliphatic carbocycles. The van der Waals surface area contributed by atoms with Gasteiger partial charge in [0.05, 0.1) is 17.9 Å². The maximum absolute atomic E-state index is 14.7. The van der Waals surface area contributed by atoms with Gasteiger partial charge in [-0.15, -0.1) is 0 Å². The van der Waals surface area contributed by atoms with Gasteiger partial charge in [-0.2, -0.15) is 18.3 Å². The Morgan fingerprint density at radius 1 is 1.28 bits per heavy atom. The van der Waals surface area contributed by atoms with E-state index in [1.54, 1.807) is 17.6 Å².